The summed E-state index contributed by atoms with van der Waals surface area (Å²) >= 11 is 7.26. The number of rotatable bonds is 5. The number of pyridine rings is 1. The molecule has 0 saturated carbocycles. The summed E-state index contributed by atoms with van der Waals surface area (Å²) in [5.74, 6) is 0. The number of aromatic nitrogens is 2. The average molecular weight is 437 g/mol. The fourth-order valence-electron chi connectivity index (χ4n) is 2.47. The normalized spacial score (nSPS) is 11.2. The van der Waals surface area contributed by atoms with Crippen molar-refractivity contribution in [1.82, 2.24) is 15.3 Å². The Bertz CT molecular complexity index is 1120. The summed E-state index contributed by atoms with van der Waals surface area (Å²) in [6.07, 6.45) is 4.42. The lowest BCUT2D eigenvalue weighted by molar-refractivity contribution is 0.251. The quantitative estimate of drug-likeness (QED) is 0.631. The van der Waals surface area contributed by atoms with Gasteiger partial charge in [-0.05, 0) is 42.3 Å². The third-order valence-corrected chi connectivity index (χ3v) is 6.51. The molecular formula is C18H17ClN4O3S2. The minimum Gasteiger partial charge on any atom is -0.334 e. The van der Waals surface area contributed by atoms with Gasteiger partial charge in [-0.15, -0.1) is 0 Å². The van der Waals surface area contributed by atoms with Crippen LogP contribution in [0.2, 0.25) is 5.02 Å². The third-order valence-electron chi connectivity index (χ3n) is 3.81. The standard InChI is InChI=1S/C18H17ClN4O3S2/c1-11-16(13-3-4-14(19)15(9-13)28(2,25)26)27-18(22-11)23-17(24)21-10-12-5-7-20-8-6-12/h3-9H,10H2,1-2H3,(H2,21,22,23,24). The summed E-state index contributed by atoms with van der Waals surface area (Å²) in [7, 11) is -3.45. The number of hydrogen-bond acceptors (Lipinski definition) is 6. The number of sulfone groups is 1. The Labute approximate surface area is 171 Å². The second-order valence-electron chi connectivity index (χ2n) is 6.01. The Morgan fingerprint density at radius 3 is 2.61 bits per heavy atom. The van der Waals surface area contributed by atoms with E-state index in [0.29, 0.717) is 22.9 Å². The number of carbonyl (C=O) groups is 1. The van der Waals surface area contributed by atoms with Gasteiger partial charge in [0, 0.05) is 25.2 Å². The lowest BCUT2D eigenvalue weighted by atomic mass is 10.2. The summed E-state index contributed by atoms with van der Waals surface area (Å²) in [5, 5.41) is 6.02. The van der Waals surface area contributed by atoms with Crippen molar-refractivity contribution >= 4 is 43.9 Å². The Balaban J connectivity index is 1.75. The van der Waals surface area contributed by atoms with E-state index in [1.54, 1.807) is 31.5 Å². The number of carbonyl (C=O) groups excluding carboxylic acids is 1. The van der Waals surface area contributed by atoms with Gasteiger partial charge < -0.3 is 5.32 Å². The largest absolute Gasteiger partial charge is 0.334 e. The first-order valence-corrected chi connectivity index (χ1v) is 11.2. The minimum absolute atomic E-state index is 0.0593. The van der Waals surface area contributed by atoms with Crippen LogP contribution in [0.1, 0.15) is 11.3 Å². The molecule has 146 valence electrons. The van der Waals surface area contributed by atoms with Crippen LogP contribution in [-0.2, 0) is 16.4 Å². The topological polar surface area (TPSA) is 101 Å². The van der Waals surface area contributed by atoms with E-state index in [9.17, 15) is 13.2 Å². The zero-order valence-corrected chi connectivity index (χ0v) is 17.5. The fourth-order valence-corrected chi connectivity index (χ4v) is 4.73. The molecule has 28 heavy (non-hydrogen) atoms. The zero-order chi connectivity index (χ0) is 20.3. The van der Waals surface area contributed by atoms with Crippen LogP contribution in [0.4, 0.5) is 9.93 Å². The van der Waals surface area contributed by atoms with Crippen molar-refractivity contribution in [3.05, 3.63) is 59.0 Å². The number of anilines is 1. The molecule has 0 fully saturated rings. The van der Waals surface area contributed by atoms with Crippen LogP contribution in [0.15, 0.2) is 47.6 Å². The molecule has 0 unspecified atom stereocenters. The number of thiazole rings is 1. The Morgan fingerprint density at radius 1 is 1.21 bits per heavy atom. The smallest absolute Gasteiger partial charge is 0.321 e. The number of nitrogens with zero attached hydrogens (tertiary/aromatic N) is 2. The summed E-state index contributed by atoms with van der Waals surface area (Å²) in [4.78, 5) is 21.2. The lowest BCUT2D eigenvalue weighted by Gasteiger charge is -2.05. The van der Waals surface area contributed by atoms with E-state index < -0.39 is 9.84 Å². The molecule has 0 aliphatic heterocycles. The average Bonchev–Trinajstić information content (AvgIpc) is 3.00. The van der Waals surface area contributed by atoms with Crippen LogP contribution in [-0.4, -0.2) is 30.7 Å². The second-order valence-corrected chi connectivity index (χ2v) is 9.40. The van der Waals surface area contributed by atoms with E-state index in [2.05, 4.69) is 20.6 Å². The van der Waals surface area contributed by atoms with E-state index in [0.717, 1.165) is 16.7 Å². The molecule has 7 nitrogen and oxygen atoms in total. The second kappa shape index (κ2) is 8.26. The first-order chi connectivity index (χ1) is 13.2. The summed E-state index contributed by atoms with van der Waals surface area (Å²) < 4.78 is 23.8. The third kappa shape index (κ3) is 4.86. The molecule has 2 N–H and O–H groups in total. The van der Waals surface area contributed by atoms with Crippen LogP contribution in [0, 0.1) is 6.92 Å². The van der Waals surface area contributed by atoms with Crippen molar-refractivity contribution in [3.63, 3.8) is 0 Å². The number of nitrogens with one attached hydrogen (secondary N) is 2. The molecule has 0 saturated heterocycles. The van der Waals surface area contributed by atoms with Crippen molar-refractivity contribution in [3.8, 4) is 10.4 Å². The number of amides is 2. The monoisotopic (exact) mass is 436 g/mol. The maximum Gasteiger partial charge on any atom is 0.321 e. The maximum absolute atomic E-state index is 12.1. The number of aryl methyl sites for hydroxylation is 1. The molecule has 0 bridgehead atoms. The van der Waals surface area contributed by atoms with E-state index in [-0.39, 0.29) is 15.9 Å². The highest BCUT2D eigenvalue weighted by molar-refractivity contribution is 7.90. The molecule has 2 amide bonds. The molecule has 0 aliphatic rings. The van der Waals surface area contributed by atoms with Gasteiger partial charge in [0.2, 0.25) is 0 Å². The summed E-state index contributed by atoms with van der Waals surface area (Å²) in [6.45, 7) is 2.15. The maximum atomic E-state index is 12.1. The fraction of sp³-hybridized carbons (Fsp3) is 0.167. The van der Waals surface area contributed by atoms with Crippen LogP contribution >= 0.6 is 22.9 Å². The number of benzene rings is 1. The Kier molecular flexibility index (Phi) is 5.97. The van der Waals surface area contributed by atoms with Gasteiger partial charge in [-0.1, -0.05) is 29.0 Å². The van der Waals surface area contributed by atoms with Gasteiger partial charge in [0.1, 0.15) is 0 Å². The predicted octanol–water partition coefficient (Wildman–Crippen LogP) is 3.89. The lowest BCUT2D eigenvalue weighted by Crippen LogP contribution is -2.28. The Morgan fingerprint density at radius 2 is 1.93 bits per heavy atom. The molecule has 2 aromatic heterocycles. The molecule has 0 radical (unpaired) electrons. The highest BCUT2D eigenvalue weighted by atomic mass is 35.5. The highest BCUT2D eigenvalue weighted by Gasteiger charge is 2.17. The van der Waals surface area contributed by atoms with Crippen molar-refractivity contribution in [2.24, 2.45) is 0 Å². The molecule has 2 heterocycles. The highest BCUT2D eigenvalue weighted by Crippen LogP contribution is 2.35. The predicted molar refractivity (Wildman–Crippen MR) is 111 cm³/mol. The van der Waals surface area contributed by atoms with Crippen molar-refractivity contribution in [2.75, 3.05) is 11.6 Å². The molecule has 0 spiro atoms. The van der Waals surface area contributed by atoms with Crippen LogP contribution in [0.25, 0.3) is 10.4 Å². The molecule has 3 rings (SSSR count). The molecule has 3 aromatic rings. The van der Waals surface area contributed by atoms with Gasteiger partial charge in [-0.2, -0.15) is 0 Å². The zero-order valence-electron chi connectivity index (χ0n) is 15.1. The molecule has 0 atom stereocenters. The van der Waals surface area contributed by atoms with Gasteiger partial charge in [0.25, 0.3) is 0 Å². The first kappa shape index (κ1) is 20.2. The molecule has 10 heteroatoms. The van der Waals surface area contributed by atoms with Gasteiger partial charge in [-0.25, -0.2) is 18.2 Å². The van der Waals surface area contributed by atoms with Crippen LogP contribution < -0.4 is 10.6 Å². The first-order valence-electron chi connectivity index (χ1n) is 8.15. The van der Waals surface area contributed by atoms with Crippen molar-refractivity contribution in [2.45, 2.75) is 18.4 Å². The van der Waals surface area contributed by atoms with Gasteiger partial charge in [0.05, 0.1) is 20.5 Å². The van der Waals surface area contributed by atoms with Crippen LogP contribution in [0.5, 0.6) is 0 Å². The Hall–Kier alpha value is -2.49. The van der Waals surface area contributed by atoms with Crippen molar-refractivity contribution < 1.29 is 13.2 Å². The SMILES string of the molecule is Cc1nc(NC(=O)NCc2ccncc2)sc1-c1ccc(Cl)c(S(C)(=O)=O)c1. The van der Waals surface area contributed by atoms with Gasteiger partial charge in [-0.3, -0.25) is 10.3 Å². The molecule has 0 aliphatic carbocycles. The van der Waals surface area contributed by atoms with Crippen molar-refractivity contribution in [1.29, 1.82) is 0 Å². The number of halogens is 1. The summed E-state index contributed by atoms with van der Waals surface area (Å²) in [5.41, 5.74) is 2.27. The van der Waals surface area contributed by atoms with Gasteiger partial charge in [0.15, 0.2) is 15.0 Å². The number of hydrogen-bond donors (Lipinski definition) is 2. The summed E-state index contributed by atoms with van der Waals surface area (Å²) in [6, 6.07) is 8.03. The minimum atomic E-state index is -3.45. The van der Waals surface area contributed by atoms with Crippen LogP contribution in [0.3, 0.4) is 0 Å². The number of urea groups is 1. The van der Waals surface area contributed by atoms with E-state index in [4.69, 9.17) is 11.6 Å². The molecule has 1 aromatic carbocycles. The van der Waals surface area contributed by atoms with E-state index >= 15 is 0 Å². The molecular weight excluding hydrogens is 420 g/mol. The van der Waals surface area contributed by atoms with E-state index in [1.165, 1.54) is 17.4 Å². The van der Waals surface area contributed by atoms with Gasteiger partial charge >= 0.3 is 6.03 Å². The van der Waals surface area contributed by atoms with E-state index in [1.807, 2.05) is 12.1 Å².